The summed E-state index contributed by atoms with van der Waals surface area (Å²) in [6.07, 6.45) is 5.94. The number of benzene rings is 2. The molecule has 0 atom stereocenters. The highest BCUT2D eigenvalue weighted by atomic mass is 16.6. The number of ether oxygens (including phenoxy) is 1. The van der Waals surface area contributed by atoms with Gasteiger partial charge in [-0.2, -0.15) is 5.10 Å². The first-order chi connectivity index (χ1) is 16.6. The van der Waals surface area contributed by atoms with Crippen LogP contribution < -0.4 is 5.32 Å². The fraction of sp³-hybridized carbons (Fsp3) is 0.269. The predicted molar refractivity (Wildman–Crippen MR) is 127 cm³/mol. The molecule has 2 aromatic carbocycles. The normalized spacial score (nSPS) is 14.2. The number of anilines is 1. The van der Waals surface area contributed by atoms with Crippen molar-refractivity contribution in [3.05, 3.63) is 72.1 Å². The van der Waals surface area contributed by atoms with Crippen LogP contribution in [0.5, 0.6) is 0 Å². The van der Waals surface area contributed by atoms with Gasteiger partial charge in [0.1, 0.15) is 16.9 Å². The lowest BCUT2D eigenvalue weighted by Crippen LogP contribution is -2.17. The molecule has 2 heterocycles. The van der Waals surface area contributed by atoms with Crippen LogP contribution in [0.4, 0.5) is 10.6 Å². The van der Waals surface area contributed by atoms with E-state index in [2.05, 4.69) is 10.4 Å². The molecule has 4 aromatic rings. The zero-order chi connectivity index (χ0) is 23.5. The van der Waals surface area contributed by atoms with Gasteiger partial charge in [0.2, 0.25) is 0 Å². The predicted octanol–water partition coefficient (Wildman–Crippen LogP) is 6.25. The van der Waals surface area contributed by atoms with Gasteiger partial charge in [-0.25, -0.2) is 9.59 Å². The molecule has 174 valence electrons. The van der Waals surface area contributed by atoms with E-state index in [1.807, 2.05) is 54.6 Å². The number of nitrogens with one attached hydrogen (secondary N) is 1. The summed E-state index contributed by atoms with van der Waals surface area (Å²) in [4.78, 5) is 24.0. The minimum atomic E-state index is -1.15. The molecular formula is C26H25N3O5. The number of aromatic nitrogens is 2. The van der Waals surface area contributed by atoms with Crippen LogP contribution in [-0.2, 0) is 11.3 Å². The maximum atomic E-state index is 12.4. The average molecular weight is 460 g/mol. The quantitative estimate of drug-likeness (QED) is 0.353. The Morgan fingerprint density at radius 3 is 2.62 bits per heavy atom. The van der Waals surface area contributed by atoms with E-state index in [-0.39, 0.29) is 24.0 Å². The number of carbonyl (C=O) groups excluding carboxylic acids is 1. The smallest absolute Gasteiger partial charge is 0.413 e. The highest BCUT2D eigenvalue weighted by molar-refractivity contribution is 5.97. The lowest BCUT2D eigenvalue weighted by Gasteiger charge is -2.21. The van der Waals surface area contributed by atoms with Crippen LogP contribution in [0.25, 0.3) is 22.1 Å². The Balaban J connectivity index is 1.25. The number of hydrogen-bond acceptors (Lipinski definition) is 5. The minimum absolute atomic E-state index is 0.0137. The number of aromatic carboxylic acids is 1. The number of amides is 1. The van der Waals surface area contributed by atoms with E-state index in [1.54, 1.807) is 4.68 Å². The van der Waals surface area contributed by atoms with E-state index >= 15 is 0 Å². The van der Waals surface area contributed by atoms with Crippen molar-refractivity contribution in [2.45, 2.75) is 44.8 Å². The average Bonchev–Trinajstić information content (AvgIpc) is 3.47. The first kappa shape index (κ1) is 21.8. The Labute approximate surface area is 196 Å². The van der Waals surface area contributed by atoms with Crippen LogP contribution in [0.15, 0.2) is 65.2 Å². The van der Waals surface area contributed by atoms with Crippen molar-refractivity contribution in [2.75, 3.05) is 5.32 Å². The summed E-state index contributed by atoms with van der Waals surface area (Å²) in [5, 5.41) is 17.2. The van der Waals surface area contributed by atoms with E-state index in [0.29, 0.717) is 11.3 Å². The van der Waals surface area contributed by atoms with E-state index in [1.165, 1.54) is 12.6 Å². The summed E-state index contributed by atoms with van der Waals surface area (Å²) in [5.41, 5.74) is 2.80. The number of furan rings is 1. The van der Waals surface area contributed by atoms with Gasteiger partial charge in [0.25, 0.3) is 0 Å². The molecule has 2 aromatic heterocycles. The summed E-state index contributed by atoms with van der Waals surface area (Å²) in [7, 11) is 0. The molecule has 1 saturated carbocycles. The van der Waals surface area contributed by atoms with Gasteiger partial charge < -0.3 is 14.3 Å². The lowest BCUT2D eigenvalue weighted by atomic mass is 9.96. The largest absolute Gasteiger partial charge is 0.477 e. The summed E-state index contributed by atoms with van der Waals surface area (Å²) < 4.78 is 12.7. The number of hydrogen-bond donors (Lipinski definition) is 2. The second-order valence-corrected chi connectivity index (χ2v) is 8.50. The molecule has 0 unspecified atom stereocenters. The third kappa shape index (κ3) is 4.66. The fourth-order valence-electron chi connectivity index (χ4n) is 4.42. The molecule has 8 heteroatoms. The molecule has 1 aliphatic rings. The van der Waals surface area contributed by atoms with Crippen LogP contribution in [-0.4, -0.2) is 26.9 Å². The second kappa shape index (κ2) is 9.43. The number of carbonyl (C=O) groups is 2. The molecule has 1 amide bonds. The molecule has 0 radical (unpaired) electrons. The van der Waals surface area contributed by atoms with Gasteiger partial charge in [-0.05, 0) is 42.2 Å². The number of carboxylic acids is 1. The summed E-state index contributed by atoms with van der Waals surface area (Å²) in [6, 6.07) is 17.9. The molecule has 0 saturated heterocycles. The maximum Gasteiger partial charge on any atom is 0.413 e. The fourth-order valence-corrected chi connectivity index (χ4v) is 4.42. The Kier molecular flexibility index (Phi) is 6.03. The number of nitrogens with zero attached hydrogens (tertiary/aromatic N) is 2. The van der Waals surface area contributed by atoms with Gasteiger partial charge in [0.15, 0.2) is 12.4 Å². The van der Waals surface area contributed by atoms with E-state index in [0.717, 1.165) is 42.2 Å². The van der Waals surface area contributed by atoms with Crippen LogP contribution >= 0.6 is 0 Å². The first-order valence-electron chi connectivity index (χ1n) is 11.4. The van der Waals surface area contributed by atoms with Gasteiger partial charge in [-0.15, -0.1) is 0 Å². The van der Waals surface area contributed by atoms with Crippen LogP contribution in [0.2, 0.25) is 0 Å². The highest BCUT2D eigenvalue weighted by Crippen LogP contribution is 2.30. The molecule has 0 aliphatic heterocycles. The third-order valence-electron chi connectivity index (χ3n) is 6.15. The zero-order valence-electron chi connectivity index (χ0n) is 18.6. The van der Waals surface area contributed by atoms with Crippen molar-refractivity contribution < 1.29 is 23.8 Å². The molecule has 1 aliphatic carbocycles. The van der Waals surface area contributed by atoms with Gasteiger partial charge in [0, 0.05) is 11.6 Å². The van der Waals surface area contributed by atoms with Crippen molar-refractivity contribution in [2.24, 2.45) is 0 Å². The molecule has 1 fully saturated rings. The molecule has 34 heavy (non-hydrogen) atoms. The summed E-state index contributed by atoms with van der Waals surface area (Å²) in [6.45, 7) is -0.0904. The number of carboxylic acid groups (broad SMARTS) is 1. The summed E-state index contributed by atoms with van der Waals surface area (Å²) >= 11 is 0. The van der Waals surface area contributed by atoms with Crippen LogP contribution in [0.1, 0.15) is 54.3 Å². The number of fused-ring (bicyclic) bond motifs is 1. The highest BCUT2D eigenvalue weighted by Gasteiger charge is 2.23. The first-order valence-corrected chi connectivity index (χ1v) is 11.4. The summed E-state index contributed by atoms with van der Waals surface area (Å²) in [5.74, 6) is -0.675. The van der Waals surface area contributed by atoms with E-state index in [9.17, 15) is 14.7 Å². The van der Waals surface area contributed by atoms with E-state index in [4.69, 9.17) is 9.15 Å². The molecule has 0 bridgehead atoms. The van der Waals surface area contributed by atoms with Crippen molar-refractivity contribution >= 4 is 28.8 Å². The van der Waals surface area contributed by atoms with Gasteiger partial charge >= 0.3 is 12.1 Å². The van der Waals surface area contributed by atoms with Crippen molar-refractivity contribution in [1.82, 2.24) is 9.78 Å². The molecule has 2 N–H and O–H groups in total. The SMILES string of the molecule is O=C(Nc1nn(C2CCCCC2)cc1C(=O)O)OCc1cc2cc(-c3ccccc3)ccc2o1. The van der Waals surface area contributed by atoms with Crippen molar-refractivity contribution in [3.63, 3.8) is 0 Å². The zero-order valence-corrected chi connectivity index (χ0v) is 18.6. The Hall–Kier alpha value is -4.07. The molecular weight excluding hydrogens is 434 g/mol. The second-order valence-electron chi connectivity index (χ2n) is 8.50. The molecule has 0 spiro atoms. The monoisotopic (exact) mass is 459 g/mol. The molecule has 8 nitrogen and oxygen atoms in total. The van der Waals surface area contributed by atoms with Gasteiger partial charge in [-0.3, -0.25) is 10.00 Å². The Morgan fingerprint density at radius 1 is 1.06 bits per heavy atom. The number of rotatable bonds is 6. The molecule has 5 rings (SSSR count). The van der Waals surface area contributed by atoms with E-state index < -0.39 is 12.1 Å². The van der Waals surface area contributed by atoms with Crippen molar-refractivity contribution in [3.8, 4) is 11.1 Å². The van der Waals surface area contributed by atoms with Gasteiger partial charge in [0.05, 0.1) is 6.04 Å². The maximum absolute atomic E-state index is 12.4. The Bertz CT molecular complexity index is 1320. The van der Waals surface area contributed by atoms with Crippen molar-refractivity contribution in [1.29, 1.82) is 0 Å². The van der Waals surface area contributed by atoms with Crippen LogP contribution in [0.3, 0.4) is 0 Å². The third-order valence-corrected chi connectivity index (χ3v) is 6.15. The topological polar surface area (TPSA) is 107 Å². The standard InChI is InChI=1S/C26H25N3O5/c30-25(31)22-15-29(20-9-5-2-6-10-20)28-24(22)27-26(32)33-16-21-14-19-13-18(11-12-23(19)34-21)17-7-3-1-4-8-17/h1,3-4,7-8,11-15,20H,2,5-6,9-10,16H2,(H,30,31)(H,27,28,32). The Morgan fingerprint density at radius 2 is 1.85 bits per heavy atom. The lowest BCUT2D eigenvalue weighted by molar-refractivity contribution is 0.0697. The minimum Gasteiger partial charge on any atom is -0.477 e. The van der Waals surface area contributed by atoms with Gasteiger partial charge in [-0.1, -0.05) is 55.7 Å². The van der Waals surface area contributed by atoms with Crippen LogP contribution in [0, 0.1) is 0 Å².